The van der Waals surface area contributed by atoms with E-state index in [1.165, 1.54) is 6.92 Å². The molecule has 6 heteroatoms. The first kappa shape index (κ1) is 20.5. The lowest BCUT2D eigenvalue weighted by Crippen LogP contribution is -2.63. The second-order valence-electron chi connectivity index (χ2n) is 6.98. The molecule has 2 N–H and O–H groups in total. The molecular formula is C22H27NO5. The molecular weight excluding hydrogens is 358 g/mol. The van der Waals surface area contributed by atoms with Crippen molar-refractivity contribution in [1.29, 1.82) is 0 Å². The maximum atomic E-state index is 11.7. The van der Waals surface area contributed by atoms with Crippen LogP contribution >= 0.6 is 0 Å². The lowest BCUT2D eigenvalue weighted by molar-refractivity contribution is -0.277. The molecule has 150 valence electrons. The third-order valence-corrected chi connectivity index (χ3v) is 4.76. The average molecular weight is 385 g/mol. The van der Waals surface area contributed by atoms with Gasteiger partial charge in [-0.2, -0.15) is 0 Å². The SMILES string of the molecule is CC(=O)N[C@@H]1[C@H](OCc2ccccc2)[C@H](OCc2ccccc2)[C@H](O)O[C@@H]1C. The zero-order valence-corrected chi connectivity index (χ0v) is 16.2. The average Bonchev–Trinajstić information content (AvgIpc) is 2.69. The Kier molecular flexibility index (Phi) is 7.17. The summed E-state index contributed by atoms with van der Waals surface area (Å²) in [5, 5.41) is 13.4. The van der Waals surface area contributed by atoms with Crippen LogP contribution in [0.1, 0.15) is 25.0 Å². The summed E-state index contributed by atoms with van der Waals surface area (Å²) < 4.78 is 17.8. The highest BCUT2D eigenvalue weighted by molar-refractivity contribution is 5.73. The van der Waals surface area contributed by atoms with Gasteiger partial charge in [0.1, 0.15) is 12.2 Å². The van der Waals surface area contributed by atoms with Crippen molar-refractivity contribution in [3.05, 3.63) is 71.8 Å². The molecule has 2 aromatic rings. The highest BCUT2D eigenvalue weighted by Gasteiger charge is 2.45. The standard InChI is InChI=1S/C22H27NO5/c1-15-19(23-16(2)24)20(26-13-17-9-5-3-6-10-17)21(22(25)28-15)27-14-18-11-7-4-8-12-18/h3-12,15,19-22,25H,13-14H2,1-2H3,(H,23,24)/t15-,19+,20+,21+,22-/m1/s1. The molecule has 0 radical (unpaired) electrons. The van der Waals surface area contributed by atoms with Crippen molar-refractivity contribution < 1.29 is 24.1 Å². The Balaban J connectivity index is 1.76. The number of ether oxygens (including phenoxy) is 3. The van der Waals surface area contributed by atoms with Gasteiger partial charge in [-0.05, 0) is 18.1 Å². The fourth-order valence-electron chi connectivity index (χ4n) is 3.36. The number of hydrogen-bond acceptors (Lipinski definition) is 5. The minimum atomic E-state index is -1.15. The van der Waals surface area contributed by atoms with E-state index in [-0.39, 0.29) is 5.91 Å². The molecule has 28 heavy (non-hydrogen) atoms. The summed E-state index contributed by atoms with van der Waals surface area (Å²) in [5.74, 6) is -0.188. The van der Waals surface area contributed by atoms with Crippen LogP contribution in [0.15, 0.2) is 60.7 Å². The summed E-state index contributed by atoms with van der Waals surface area (Å²) in [5.41, 5.74) is 1.98. The summed E-state index contributed by atoms with van der Waals surface area (Å²) >= 11 is 0. The van der Waals surface area contributed by atoms with E-state index in [9.17, 15) is 9.90 Å². The summed E-state index contributed by atoms with van der Waals surface area (Å²) in [6, 6.07) is 19.0. The second-order valence-corrected chi connectivity index (χ2v) is 6.98. The minimum Gasteiger partial charge on any atom is -0.368 e. The van der Waals surface area contributed by atoms with Crippen LogP contribution in [-0.2, 0) is 32.2 Å². The molecule has 1 amide bonds. The Labute approximate surface area is 165 Å². The van der Waals surface area contributed by atoms with Crippen LogP contribution in [0.2, 0.25) is 0 Å². The van der Waals surface area contributed by atoms with Gasteiger partial charge in [0.25, 0.3) is 0 Å². The van der Waals surface area contributed by atoms with Crippen molar-refractivity contribution in [2.45, 2.75) is 57.7 Å². The highest BCUT2D eigenvalue weighted by Crippen LogP contribution is 2.26. The molecule has 1 aliphatic heterocycles. The lowest BCUT2D eigenvalue weighted by atomic mass is 9.96. The molecule has 1 saturated heterocycles. The zero-order chi connectivity index (χ0) is 19.9. The van der Waals surface area contributed by atoms with Gasteiger partial charge in [-0.3, -0.25) is 4.79 Å². The van der Waals surface area contributed by atoms with Gasteiger partial charge < -0.3 is 24.6 Å². The van der Waals surface area contributed by atoms with Crippen molar-refractivity contribution >= 4 is 5.91 Å². The van der Waals surface area contributed by atoms with E-state index in [1.54, 1.807) is 6.92 Å². The Morgan fingerprint density at radius 3 is 1.96 bits per heavy atom. The maximum absolute atomic E-state index is 11.7. The van der Waals surface area contributed by atoms with Crippen LogP contribution in [0.25, 0.3) is 0 Å². The molecule has 0 aromatic heterocycles. The van der Waals surface area contributed by atoms with Crippen LogP contribution < -0.4 is 5.32 Å². The first-order chi connectivity index (χ1) is 13.5. The predicted molar refractivity (Wildman–Crippen MR) is 104 cm³/mol. The smallest absolute Gasteiger partial charge is 0.217 e. The van der Waals surface area contributed by atoms with Crippen LogP contribution in [0.3, 0.4) is 0 Å². The molecule has 3 rings (SSSR count). The number of benzene rings is 2. The Morgan fingerprint density at radius 2 is 1.46 bits per heavy atom. The first-order valence-corrected chi connectivity index (χ1v) is 9.46. The van der Waals surface area contributed by atoms with Gasteiger partial charge in [0.15, 0.2) is 6.29 Å². The molecule has 5 atom stereocenters. The highest BCUT2D eigenvalue weighted by atomic mass is 16.7. The third-order valence-electron chi connectivity index (χ3n) is 4.76. The van der Waals surface area contributed by atoms with Crippen molar-refractivity contribution in [2.24, 2.45) is 0 Å². The molecule has 0 spiro atoms. The van der Waals surface area contributed by atoms with Crippen molar-refractivity contribution in [1.82, 2.24) is 5.32 Å². The molecule has 1 aliphatic rings. The number of carbonyl (C=O) groups is 1. The lowest BCUT2D eigenvalue weighted by Gasteiger charge is -2.44. The number of aliphatic hydroxyl groups excluding tert-OH is 1. The zero-order valence-electron chi connectivity index (χ0n) is 16.2. The number of hydrogen-bond donors (Lipinski definition) is 2. The molecule has 1 fully saturated rings. The maximum Gasteiger partial charge on any atom is 0.217 e. The molecule has 0 saturated carbocycles. The fraction of sp³-hybridized carbons (Fsp3) is 0.409. The number of carbonyl (C=O) groups excluding carboxylic acids is 1. The van der Waals surface area contributed by atoms with E-state index >= 15 is 0 Å². The van der Waals surface area contributed by atoms with Crippen molar-refractivity contribution in [2.75, 3.05) is 0 Å². The number of amides is 1. The molecule has 1 heterocycles. The summed E-state index contributed by atoms with van der Waals surface area (Å²) in [6.07, 6.45) is -2.87. The van der Waals surface area contributed by atoms with Crippen LogP contribution in [0.5, 0.6) is 0 Å². The van der Waals surface area contributed by atoms with Crippen LogP contribution in [0, 0.1) is 0 Å². The largest absolute Gasteiger partial charge is 0.368 e. The molecule has 6 nitrogen and oxygen atoms in total. The number of rotatable bonds is 7. The second kappa shape index (κ2) is 9.80. The predicted octanol–water partition coefficient (Wildman–Crippen LogP) is 2.40. The van der Waals surface area contributed by atoms with Crippen LogP contribution in [0.4, 0.5) is 0 Å². The normalized spacial score (nSPS) is 27.3. The molecule has 2 aromatic carbocycles. The Morgan fingerprint density at radius 1 is 0.964 bits per heavy atom. The molecule has 0 unspecified atom stereocenters. The van der Waals surface area contributed by atoms with Crippen molar-refractivity contribution in [3.8, 4) is 0 Å². The molecule has 0 aliphatic carbocycles. The third kappa shape index (κ3) is 5.39. The van der Waals surface area contributed by atoms with E-state index in [1.807, 2.05) is 60.7 Å². The van der Waals surface area contributed by atoms with E-state index in [0.717, 1.165) is 11.1 Å². The summed E-state index contributed by atoms with van der Waals surface area (Å²) in [7, 11) is 0. The monoisotopic (exact) mass is 385 g/mol. The molecule has 0 bridgehead atoms. The van der Waals surface area contributed by atoms with E-state index in [4.69, 9.17) is 14.2 Å². The topological polar surface area (TPSA) is 77.0 Å². The summed E-state index contributed by atoms with van der Waals surface area (Å²) in [6.45, 7) is 3.90. The van der Waals surface area contributed by atoms with Gasteiger partial charge in [0, 0.05) is 6.92 Å². The van der Waals surface area contributed by atoms with Gasteiger partial charge in [-0.25, -0.2) is 0 Å². The van der Waals surface area contributed by atoms with E-state index in [2.05, 4.69) is 5.32 Å². The summed E-state index contributed by atoms with van der Waals surface area (Å²) in [4.78, 5) is 11.7. The van der Waals surface area contributed by atoms with Gasteiger partial charge >= 0.3 is 0 Å². The van der Waals surface area contributed by atoms with E-state index in [0.29, 0.717) is 13.2 Å². The van der Waals surface area contributed by atoms with Gasteiger partial charge in [-0.1, -0.05) is 60.7 Å². The van der Waals surface area contributed by atoms with Gasteiger partial charge in [0.2, 0.25) is 5.91 Å². The van der Waals surface area contributed by atoms with E-state index < -0.39 is 30.6 Å². The number of nitrogens with one attached hydrogen (secondary N) is 1. The Hall–Kier alpha value is -2.25. The Bertz CT molecular complexity index is 739. The van der Waals surface area contributed by atoms with Gasteiger partial charge in [0.05, 0.1) is 25.4 Å². The minimum absolute atomic E-state index is 0.188. The number of aliphatic hydroxyl groups is 1. The van der Waals surface area contributed by atoms with Gasteiger partial charge in [-0.15, -0.1) is 0 Å². The quantitative estimate of drug-likeness (QED) is 0.765. The van der Waals surface area contributed by atoms with Crippen LogP contribution in [-0.4, -0.2) is 41.7 Å². The van der Waals surface area contributed by atoms with Crippen molar-refractivity contribution in [3.63, 3.8) is 0 Å². The fourth-order valence-corrected chi connectivity index (χ4v) is 3.36. The first-order valence-electron chi connectivity index (χ1n) is 9.46.